The maximum absolute atomic E-state index is 10.3. The van der Waals surface area contributed by atoms with Crippen molar-refractivity contribution in [2.75, 3.05) is 0 Å². The number of unbranched alkanes of at least 4 members (excludes halogenated alkanes) is 1. The molecule has 0 aromatic carbocycles. The second-order valence-corrected chi connectivity index (χ2v) is 5.25. The second-order valence-electron chi connectivity index (χ2n) is 5.25. The van der Waals surface area contributed by atoms with E-state index in [2.05, 4.69) is 19.6 Å². The lowest BCUT2D eigenvalue weighted by atomic mass is 9.87. The fourth-order valence-electron chi connectivity index (χ4n) is 2.86. The van der Waals surface area contributed by atoms with Crippen LogP contribution in [0.2, 0.25) is 0 Å². The molecule has 0 aromatic heterocycles. The van der Waals surface area contributed by atoms with Crippen molar-refractivity contribution in [3.63, 3.8) is 0 Å². The highest BCUT2D eigenvalue weighted by Crippen LogP contribution is 2.39. The number of carbonyl (C=O) groups is 1. The summed E-state index contributed by atoms with van der Waals surface area (Å²) in [5, 5.41) is 18.5. The Hall–Kier alpha value is -1.09. The Balaban J connectivity index is 2.31. The average molecular weight is 252 g/mol. The van der Waals surface area contributed by atoms with E-state index < -0.39 is 5.97 Å². The van der Waals surface area contributed by atoms with Crippen LogP contribution in [0.1, 0.15) is 39.0 Å². The summed E-state index contributed by atoms with van der Waals surface area (Å²) in [6, 6.07) is 0. The van der Waals surface area contributed by atoms with E-state index in [4.69, 9.17) is 5.11 Å². The number of aliphatic hydroxyl groups excluding tert-OH is 1. The number of hydrogen-bond acceptors (Lipinski definition) is 2. The van der Waals surface area contributed by atoms with Crippen molar-refractivity contribution in [2.24, 2.45) is 17.8 Å². The van der Waals surface area contributed by atoms with Crippen molar-refractivity contribution in [2.45, 2.75) is 45.1 Å². The SMILES string of the molecule is C=CC1C(C)CC(O)C1CC=CCCCC(=O)O. The Morgan fingerprint density at radius 3 is 2.78 bits per heavy atom. The monoisotopic (exact) mass is 252 g/mol. The fraction of sp³-hybridized carbons (Fsp3) is 0.667. The predicted octanol–water partition coefficient (Wildman–Crippen LogP) is 3.01. The molecule has 0 bridgehead atoms. The molecule has 3 nitrogen and oxygen atoms in total. The first-order valence-corrected chi connectivity index (χ1v) is 6.73. The van der Waals surface area contributed by atoms with Crippen LogP contribution in [0.5, 0.6) is 0 Å². The molecule has 1 aliphatic carbocycles. The Labute approximate surface area is 109 Å². The molecule has 18 heavy (non-hydrogen) atoms. The zero-order valence-corrected chi connectivity index (χ0v) is 11.1. The molecule has 1 aliphatic rings. The van der Waals surface area contributed by atoms with Gasteiger partial charge < -0.3 is 10.2 Å². The van der Waals surface area contributed by atoms with E-state index in [1.165, 1.54) is 0 Å². The molecule has 2 N–H and O–H groups in total. The number of aliphatic carboxylic acids is 1. The van der Waals surface area contributed by atoms with Gasteiger partial charge in [0, 0.05) is 6.42 Å². The second kappa shape index (κ2) is 7.37. The molecule has 0 radical (unpaired) electrons. The normalized spacial score (nSPS) is 31.9. The summed E-state index contributed by atoms with van der Waals surface area (Å²) in [5.41, 5.74) is 0. The topological polar surface area (TPSA) is 57.5 Å². The molecule has 0 aliphatic heterocycles. The lowest BCUT2D eigenvalue weighted by Gasteiger charge is -2.19. The van der Waals surface area contributed by atoms with Crippen LogP contribution < -0.4 is 0 Å². The van der Waals surface area contributed by atoms with Crippen molar-refractivity contribution in [1.29, 1.82) is 0 Å². The van der Waals surface area contributed by atoms with Crippen molar-refractivity contribution in [1.82, 2.24) is 0 Å². The molecule has 102 valence electrons. The first-order valence-electron chi connectivity index (χ1n) is 6.73. The molecule has 4 atom stereocenters. The van der Waals surface area contributed by atoms with E-state index in [0.717, 1.165) is 19.3 Å². The molecule has 1 rings (SSSR count). The molecule has 0 amide bonds. The van der Waals surface area contributed by atoms with E-state index in [0.29, 0.717) is 18.3 Å². The first-order chi connectivity index (χ1) is 8.56. The number of allylic oxidation sites excluding steroid dienone is 3. The quantitative estimate of drug-likeness (QED) is 0.541. The van der Waals surface area contributed by atoms with Crippen LogP contribution in [-0.2, 0) is 4.79 Å². The van der Waals surface area contributed by atoms with Crippen molar-refractivity contribution in [3.8, 4) is 0 Å². The van der Waals surface area contributed by atoms with E-state index in [9.17, 15) is 9.90 Å². The van der Waals surface area contributed by atoms with E-state index in [-0.39, 0.29) is 18.4 Å². The smallest absolute Gasteiger partial charge is 0.303 e. The lowest BCUT2D eigenvalue weighted by molar-refractivity contribution is -0.137. The van der Waals surface area contributed by atoms with E-state index in [1.807, 2.05) is 12.2 Å². The van der Waals surface area contributed by atoms with Crippen LogP contribution in [0.3, 0.4) is 0 Å². The van der Waals surface area contributed by atoms with Gasteiger partial charge in [0.15, 0.2) is 0 Å². The van der Waals surface area contributed by atoms with Crippen LogP contribution in [0.25, 0.3) is 0 Å². The molecule has 4 unspecified atom stereocenters. The van der Waals surface area contributed by atoms with Gasteiger partial charge in [-0.1, -0.05) is 25.2 Å². The van der Waals surface area contributed by atoms with E-state index >= 15 is 0 Å². The summed E-state index contributed by atoms with van der Waals surface area (Å²) in [6.45, 7) is 6.01. The molecular weight excluding hydrogens is 228 g/mol. The zero-order chi connectivity index (χ0) is 13.5. The van der Waals surface area contributed by atoms with Crippen LogP contribution in [0, 0.1) is 17.8 Å². The summed E-state index contributed by atoms with van der Waals surface area (Å²) >= 11 is 0. The Bertz CT molecular complexity index is 309. The minimum absolute atomic E-state index is 0.225. The minimum atomic E-state index is -0.741. The maximum atomic E-state index is 10.3. The molecule has 0 aromatic rings. The van der Waals surface area contributed by atoms with Gasteiger partial charge >= 0.3 is 5.97 Å². The number of hydrogen-bond donors (Lipinski definition) is 2. The van der Waals surface area contributed by atoms with Gasteiger partial charge in [-0.05, 0) is 43.4 Å². The molecule has 1 fully saturated rings. The lowest BCUT2D eigenvalue weighted by Crippen LogP contribution is -2.17. The highest BCUT2D eigenvalue weighted by Gasteiger charge is 2.37. The fourth-order valence-corrected chi connectivity index (χ4v) is 2.86. The summed E-state index contributed by atoms with van der Waals surface area (Å²) in [5.74, 6) is 0.426. The van der Waals surface area contributed by atoms with Gasteiger partial charge in [0.1, 0.15) is 0 Å². The van der Waals surface area contributed by atoms with Crippen LogP contribution >= 0.6 is 0 Å². The average Bonchev–Trinajstić information content (AvgIpc) is 2.57. The standard InChI is InChI=1S/C15H24O3/c1-3-12-11(2)10-14(16)13(12)8-6-4-5-7-9-15(17)18/h3-4,6,11-14,16H,1,5,7-10H2,2H3,(H,17,18). The largest absolute Gasteiger partial charge is 0.481 e. The van der Waals surface area contributed by atoms with Crippen LogP contribution in [0.4, 0.5) is 0 Å². The van der Waals surface area contributed by atoms with Gasteiger partial charge in [-0.3, -0.25) is 4.79 Å². The van der Waals surface area contributed by atoms with Gasteiger partial charge in [-0.25, -0.2) is 0 Å². The van der Waals surface area contributed by atoms with Gasteiger partial charge in [0.05, 0.1) is 6.10 Å². The zero-order valence-electron chi connectivity index (χ0n) is 11.1. The Morgan fingerprint density at radius 2 is 2.17 bits per heavy atom. The maximum Gasteiger partial charge on any atom is 0.303 e. The third-order valence-corrected chi connectivity index (χ3v) is 3.87. The Kier molecular flexibility index (Phi) is 6.13. The minimum Gasteiger partial charge on any atom is -0.481 e. The summed E-state index contributed by atoms with van der Waals surface area (Å²) < 4.78 is 0. The summed E-state index contributed by atoms with van der Waals surface area (Å²) in [4.78, 5) is 10.3. The number of carboxylic acids is 1. The molecule has 0 heterocycles. The molecule has 3 heteroatoms. The van der Waals surface area contributed by atoms with Crippen molar-refractivity contribution < 1.29 is 15.0 Å². The summed E-state index contributed by atoms with van der Waals surface area (Å²) in [6.07, 6.45) is 9.25. The highest BCUT2D eigenvalue weighted by atomic mass is 16.4. The van der Waals surface area contributed by atoms with Crippen LogP contribution in [0.15, 0.2) is 24.8 Å². The van der Waals surface area contributed by atoms with Gasteiger partial charge in [0.25, 0.3) is 0 Å². The van der Waals surface area contributed by atoms with Crippen molar-refractivity contribution in [3.05, 3.63) is 24.8 Å². The highest BCUT2D eigenvalue weighted by molar-refractivity contribution is 5.66. The number of carboxylic acid groups (broad SMARTS) is 1. The predicted molar refractivity (Wildman–Crippen MR) is 72.2 cm³/mol. The van der Waals surface area contributed by atoms with Gasteiger partial charge in [-0.2, -0.15) is 0 Å². The van der Waals surface area contributed by atoms with Gasteiger partial charge in [-0.15, -0.1) is 6.58 Å². The Morgan fingerprint density at radius 1 is 1.44 bits per heavy atom. The summed E-state index contributed by atoms with van der Waals surface area (Å²) in [7, 11) is 0. The molecule has 1 saturated carbocycles. The van der Waals surface area contributed by atoms with E-state index in [1.54, 1.807) is 0 Å². The molecule has 0 spiro atoms. The molecular formula is C15H24O3. The third-order valence-electron chi connectivity index (χ3n) is 3.87. The molecule has 0 saturated heterocycles. The number of aliphatic hydroxyl groups is 1. The van der Waals surface area contributed by atoms with Gasteiger partial charge in [0.2, 0.25) is 0 Å². The number of rotatable bonds is 7. The first kappa shape index (κ1) is 15.0. The third kappa shape index (κ3) is 4.30. The van der Waals surface area contributed by atoms with Crippen molar-refractivity contribution >= 4 is 5.97 Å². The van der Waals surface area contributed by atoms with Crippen LogP contribution in [-0.4, -0.2) is 22.3 Å².